The number of rotatable bonds is 3. The van der Waals surface area contributed by atoms with Gasteiger partial charge in [-0.2, -0.15) is 0 Å². The first kappa shape index (κ1) is 14.7. The minimum absolute atomic E-state index is 0.114. The number of para-hydroxylation sites is 2. The van der Waals surface area contributed by atoms with Gasteiger partial charge in [-0.05, 0) is 36.2 Å². The highest BCUT2D eigenvalue weighted by molar-refractivity contribution is 5.41. The third-order valence-corrected chi connectivity index (χ3v) is 3.99. The van der Waals surface area contributed by atoms with Crippen LogP contribution in [0.3, 0.4) is 0 Å². The van der Waals surface area contributed by atoms with Gasteiger partial charge in [0.25, 0.3) is 0 Å². The molecule has 0 bridgehead atoms. The van der Waals surface area contributed by atoms with E-state index >= 15 is 0 Å². The van der Waals surface area contributed by atoms with Crippen LogP contribution in [0.25, 0.3) is 0 Å². The highest BCUT2D eigenvalue weighted by atomic mass is 16.5. The summed E-state index contributed by atoms with van der Waals surface area (Å²) in [7, 11) is 1.67. The summed E-state index contributed by atoms with van der Waals surface area (Å²) in [6.07, 6.45) is 0.637. The Morgan fingerprint density at radius 3 is 2.68 bits per heavy atom. The number of methoxy groups -OCH3 is 1. The quantitative estimate of drug-likeness (QED) is 0.945. The van der Waals surface area contributed by atoms with Crippen LogP contribution in [0.5, 0.6) is 17.2 Å². The fraction of sp³-hybridized carbons (Fsp3) is 0.333. The van der Waals surface area contributed by atoms with Gasteiger partial charge in [-0.3, -0.25) is 0 Å². The molecule has 1 heterocycles. The summed E-state index contributed by atoms with van der Waals surface area (Å²) in [6.45, 7) is 2.62. The van der Waals surface area contributed by atoms with Crippen molar-refractivity contribution >= 4 is 0 Å². The fourth-order valence-corrected chi connectivity index (χ4v) is 2.75. The van der Waals surface area contributed by atoms with Crippen molar-refractivity contribution < 1.29 is 14.2 Å². The molecule has 1 aliphatic heterocycles. The van der Waals surface area contributed by atoms with Gasteiger partial charge in [-0.1, -0.05) is 24.3 Å². The molecule has 116 valence electrons. The van der Waals surface area contributed by atoms with Gasteiger partial charge in [0.1, 0.15) is 11.9 Å². The monoisotopic (exact) mass is 299 g/mol. The summed E-state index contributed by atoms with van der Waals surface area (Å²) in [5, 5.41) is 0. The van der Waals surface area contributed by atoms with E-state index in [9.17, 15) is 0 Å². The van der Waals surface area contributed by atoms with Crippen LogP contribution < -0.4 is 19.9 Å². The Morgan fingerprint density at radius 1 is 1.18 bits per heavy atom. The molecule has 0 saturated heterocycles. The van der Waals surface area contributed by atoms with E-state index in [0.29, 0.717) is 6.61 Å². The Bertz CT molecular complexity index is 657. The molecule has 0 fully saturated rings. The van der Waals surface area contributed by atoms with Gasteiger partial charge in [-0.25, -0.2) is 0 Å². The second-order valence-corrected chi connectivity index (χ2v) is 5.50. The van der Waals surface area contributed by atoms with Crippen LogP contribution in [0.4, 0.5) is 0 Å². The second kappa shape index (κ2) is 6.28. The van der Waals surface area contributed by atoms with Crippen molar-refractivity contribution in [3.63, 3.8) is 0 Å². The zero-order valence-corrected chi connectivity index (χ0v) is 12.9. The number of benzene rings is 2. The van der Waals surface area contributed by atoms with Crippen molar-refractivity contribution in [2.75, 3.05) is 13.7 Å². The molecule has 2 unspecified atom stereocenters. The Morgan fingerprint density at radius 2 is 1.95 bits per heavy atom. The topological polar surface area (TPSA) is 53.7 Å². The molecule has 2 N–H and O–H groups in total. The number of fused-ring (bicyclic) bond motifs is 1. The lowest BCUT2D eigenvalue weighted by atomic mass is 9.98. The summed E-state index contributed by atoms with van der Waals surface area (Å²) < 4.78 is 17.1. The minimum Gasteiger partial charge on any atom is -0.496 e. The number of hydrogen-bond donors (Lipinski definition) is 1. The predicted octanol–water partition coefficient (Wildman–Crippen LogP) is 3.23. The van der Waals surface area contributed by atoms with Crippen molar-refractivity contribution in [1.29, 1.82) is 0 Å². The maximum absolute atomic E-state index is 6.44. The zero-order valence-electron chi connectivity index (χ0n) is 12.9. The molecule has 0 radical (unpaired) electrons. The van der Waals surface area contributed by atoms with E-state index in [0.717, 1.165) is 34.8 Å². The maximum Gasteiger partial charge on any atom is 0.161 e. The maximum atomic E-state index is 6.44. The van der Waals surface area contributed by atoms with Crippen LogP contribution in [0, 0.1) is 6.92 Å². The molecule has 0 saturated carbocycles. The van der Waals surface area contributed by atoms with Crippen LogP contribution in [-0.2, 0) is 0 Å². The highest BCUT2D eigenvalue weighted by Crippen LogP contribution is 2.34. The van der Waals surface area contributed by atoms with E-state index in [1.807, 2.05) is 43.3 Å². The fourth-order valence-electron chi connectivity index (χ4n) is 2.75. The van der Waals surface area contributed by atoms with Crippen molar-refractivity contribution in [3.8, 4) is 17.2 Å². The summed E-state index contributed by atoms with van der Waals surface area (Å²) in [4.78, 5) is 0. The van der Waals surface area contributed by atoms with Crippen LogP contribution in [0.2, 0.25) is 0 Å². The number of ether oxygens (including phenoxy) is 3. The Labute approximate surface area is 130 Å². The van der Waals surface area contributed by atoms with Gasteiger partial charge in [0.05, 0.1) is 19.8 Å². The molecular formula is C18H21NO3. The van der Waals surface area contributed by atoms with E-state index in [1.165, 1.54) is 0 Å². The predicted molar refractivity (Wildman–Crippen MR) is 85.6 cm³/mol. The van der Waals surface area contributed by atoms with Crippen molar-refractivity contribution in [2.24, 2.45) is 5.73 Å². The smallest absolute Gasteiger partial charge is 0.161 e. The minimum atomic E-state index is -0.209. The molecule has 2 atom stereocenters. The van der Waals surface area contributed by atoms with Gasteiger partial charge in [0, 0.05) is 6.42 Å². The van der Waals surface area contributed by atoms with Crippen molar-refractivity contribution in [3.05, 3.63) is 53.6 Å². The van der Waals surface area contributed by atoms with Gasteiger partial charge in [0.15, 0.2) is 11.5 Å². The van der Waals surface area contributed by atoms with Gasteiger partial charge < -0.3 is 19.9 Å². The zero-order chi connectivity index (χ0) is 15.5. The van der Waals surface area contributed by atoms with E-state index in [-0.39, 0.29) is 12.1 Å². The Balaban J connectivity index is 1.83. The average molecular weight is 299 g/mol. The van der Waals surface area contributed by atoms with Gasteiger partial charge >= 0.3 is 0 Å². The van der Waals surface area contributed by atoms with E-state index in [1.54, 1.807) is 7.11 Å². The summed E-state index contributed by atoms with van der Waals surface area (Å²) in [6, 6.07) is 13.5. The highest BCUT2D eigenvalue weighted by Gasteiger charge is 2.25. The summed E-state index contributed by atoms with van der Waals surface area (Å²) in [5.41, 5.74) is 8.55. The molecule has 2 aromatic rings. The molecule has 0 aromatic heterocycles. The first-order valence-corrected chi connectivity index (χ1v) is 7.47. The number of nitrogens with two attached hydrogens (primary N) is 1. The third kappa shape index (κ3) is 2.88. The molecule has 3 rings (SSSR count). The second-order valence-electron chi connectivity index (χ2n) is 5.50. The van der Waals surface area contributed by atoms with Gasteiger partial charge in [0.2, 0.25) is 0 Å². The molecule has 22 heavy (non-hydrogen) atoms. The standard InChI is InChI=1S/C18H21NO3/c1-12-11-13(7-8-14(12)20-2)18(19)17-9-10-21-15-5-3-4-6-16(15)22-17/h3-8,11,17-18H,9-10,19H2,1-2H3. The van der Waals surface area contributed by atoms with E-state index in [2.05, 4.69) is 6.07 Å². The molecule has 0 spiro atoms. The average Bonchev–Trinajstić information content (AvgIpc) is 2.76. The number of aryl methyl sites for hydroxylation is 1. The molecule has 1 aliphatic rings. The lowest BCUT2D eigenvalue weighted by Gasteiger charge is -2.24. The SMILES string of the molecule is COc1ccc(C(N)C2CCOc3ccccc3O2)cc1C. The molecule has 2 aromatic carbocycles. The van der Waals surface area contributed by atoms with Crippen LogP contribution >= 0.6 is 0 Å². The Kier molecular flexibility index (Phi) is 4.20. The number of hydrogen-bond acceptors (Lipinski definition) is 4. The molecule has 0 aliphatic carbocycles. The van der Waals surface area contributed by atoms with Crippen LogP contribution in [0.1, 0.15) is 23.6 Å². The molecule has 0 amide bonds. The normalized spacial score (nSPS) is 18.4. The summed E-state index contributed by atoms with van der Waals surface area (Å²) >= 11 is 0. The summed E-state index contributed by atoms with van der Waals surface area (Å²) in [5.74, 6) is 2.40. The lowest BCUT2D eigenvalue weighted by molar-refractivity contribution is 0.162. The largest absolute Gasteiger partial charge is 0.496 e. The Hall–Kier alpha value is -2.20. The first-order chi connectivity index (χ1) is 10.7. The van der Waals surface area contributed by atoms with Crippen LogP contribution in [-0.4, -0.2) is 19.8 Å². The molecule has 4 heteroatoms. The molecule has 4 nitrogen and oxygen atoms in total. The van der Waals surface area contributed by atoms with E-state index in [4.69, 9.17) is 19.9 Å². The van der Waals surface area contributed by atoms with E-state index < -0.39 is 0 Å². The van der Waals surface area contributed by atoms with Gasteiger partial charge in [-0.15, -0.1) is 0 Å². The van der Waals surface area contributed by atoms with Crippen molar-refractivity contribution in [2.45, 2.75) is 25.5 Å². The third-order valence-electron chi connectivity index (χ3n) is 3.99. The van der Waals surface area contributed by atoms with Crippen molar-refractivity contribution in [1.82, 2.24) is 0 Å². The first-order valence-electron chi connectivity index (χ1n) is 7.47. The molecular weight excluding hydrogens is 278 g/mol. The lowest BCUT2D eigenvalue weighted by Crippen LogP contribution is -2.32. The van der Waals surface area contributed by atoms with Crippen LogP contribution in [0.15, 0.2) is 42.5 Å².